The lowest BCUT2D eigenvalue weighted by atomic mass is 10.2. The summed E-state index contributed by atoms with van der Waals surface area (Å²) in [7, 11) is 0. The highest BCUT2D eigenvalue weighted by atomic mass is 32.1. The van der Waals surface area contributed by atoms with E-state index < -0.39 is 5.97 Å². The number of aryl methyl sites for hydroxylation is 1. The molecule has 0 fully saturated rings. The summed E-state index contributed by atoms with van der Waals surface area (Å²) in [5, 5.41) is 11.7. The van der Waals surface area contributed by atoms with Crippen molar-refractivity contribution in [2.45, 2.75) is 25.7 Å². The van der Waals surface area contributed by atoms with E-state index in [1.165, 1.54) is 0 Å². The SMILES string of the molecule is O=C(O)CCCCc1nc(-c2ccccc2)cs1. The summed E-state index contributed by atoms with van der Waals surface area (Å²) in [6.07, 6.45) is 2.71. The molecule has 94 valence electrons. The van der Waals surface area contributed by atoms with E-state index in [0.717, 1.165) is 35.5 Å². The lowest BCUT2D eigenvalue weighted by Crippen LogP contribution is -1.94. The van der Waals surface area contributed by atoms with Gasteiger partial charge in [-0.25, -0.2) is 4.98 Å². The Hall–Kier alpha value is -1.68. The van der Waals surface area contributed by atoms with E-state index in [1.54, 1.807) is 11.3 Å². The minimum atomic E-state index is -0.723. The van der Waals surface area contributed by atoms with Crippen LogP contribution in [0.4, 0.5) is 0 Å². The first kappa shape index (κ1) is 12.8. The maximum Gasteiger partial charge on any atom is 0.303 e. The van der Waals surface area contributed by atoms with Gasteiger partial charge in [-0.05, 0) is 19.3 Å². The topological polar surface area (TPSA) is 50.2 Å². The zero-order chi connectivity index (χ0) is 12.8. The Morgan fingerprint density at radius 2 is 2.00 bits per heavy atom. The molecule has 2 rings (SSSR count). The largest absolute Gasteiger partial charge is 0.481 e. The smallest absolute Gasteiger partial charge is 0.303 e. The highest BCUT2D eigenvalue weighted by molar-refractivity contribution is 7.09. The fourth-order valence-electron chi connectivity index (χ4n) is 1.72. The number of rotatable bonds is 6. The quantitative estimate of drug-likeness (QED) is 0.808. The van der Waals surface area contributed by atoms with Gasteiger partial charge in [-0.3, -0.25) is 4.79 Å². The number of aromatic nitrogens is 1. The zero-order valence-corrected chi connectivity index (χ0v) is 10.8. The Morgan fingerprint density at radius 1 is 1.22 bits per heavy atom. The second-order valence-electron chi connectivity index (χ2n) is 4.09. The van der Waals surface area contributed by atoms with Crippen LogP contribution in [0, 0.1) is 0 Å². The van der Waals surface area contributed by atoms with E-state index >= 15 is 0 Å². The van der Waals surface area contributed by atoms with Crippen molar-refractivity contribution in [1.29, 1.82) is 0 Å². The third-order valence-corrected chi connectivity index (χ3v) is 3.56. The molecule has 0 atom stereocenters. The summed E-state index contributed by atoms with van der Waals surface area (Å²) in [5.41, 5.74) is 2.14. The lowest BCUT2D eigenvalue weighted by molar-refractivity contribution is -0.137. The normalized spacial score (nSPS) is 10.4. The second-order valence-corrected chi connectivity index (χ2v) is 5.04. The van der Waals surface area contributed by atoms with Crippen molar-refractivity contribution in [3.8, 4) is 11.3 Å². The summed E-state index contributed by atoms with van der Waals surface area (Å²) < 4.78 is 0. The van der Waals surface area contributed by atoms with Gasteiger partial charge in [-0.15, -0.1) is 11.3 Å². The van der Waals surface area contributed by atoms with E-state index in [9.17, 15) is 4.79 Å². The van der Waals surface area contributed by atoms with Gasteiger partial charge in [-0.1, -0.05) is 30.3 Å². The summed E-state index contributed by atoms with van der Waals surface area (Å²) in [4.78, 5) is 15.0. The average Bonchev–Trinajstić information content (AvgIpc) is 2.84. The zero-order valence-electron chi connectivity index (χ0n) is 10.0. The summed E-state index contributed by atoms with van der Waals surface area (Å²) in [6.45, 7) is 0. The third kappa shape index (κ3) is 3.67. The first-order valence-electron chi connectivity index (χ1n) is 5.97. The van der Waals surface area contributed by atoms with Gasteiger partial charge in [-0.2, -0.15) is 0 Å². The molecular formula is C14H15NO2S. The number of benzene rings is 1. The van der Waals surface area contributed by atoms with Gasteiger partial charge in [0.15, 0.2) is 0 Å². The van der Waals surface area contributed by atoms with E-state index in [2.05, 4.69) is 10.4 Å². The van der Waals surface area contributed by atoms with E-state index in [4.69, 9.17) is 5.11 Å². The molecule has 0 aliphatic rings. The first-order chi connectivity index (χ1) is 8.75. The monoisotopic (exact) mass is 261 g/mol. The summed E-state index contributed by atoms with van der Waals surface area (Å²) >= 11 is 1.64. The van der Waals surface area contributed by atoms with Crippen LogP contribution in [0.3, 0.4) is 0 Å². The molecule has 0 saturated carbocycles. The molecule has 0 bridgehead atoms. The first-order valence-corrected chi connectivity index (χ1v) is 6.85. The number of aliphatic carboxylic acids is 1. The molecule has 1 N–H and O–H groups in total. The predicted octanol–water partition coefficient (Wildman–Crippen LogP) is 3.61. The lowest BCUT2D eigenvalue weighted by Gasteiger charge is -1.96. The number of unbranched alkanes of at least 4 members (excludes halogenated alkanes) is 1. The molecule has 0 radical (unpaired) electrons. The van der Waals surface area contributed by atoms with Gasteiger partial charge < -0.3 is 5.11 Å². The molecule has 0 aliphatic heterocycles. The van der Waals surface area contributed by atoms with Crippen LogP contribution >= 0.6 is 11.3 Å². The minimum absolute atomic E-state index is 0.247. The molecule has 1 heterocycles. The Labute approximate surface area is 110 Å². The van der Waals surface area contributed by atoms with Crippen molar-refractivity contribution in [3.63, 3.8) is 0 Å². The number of thiazole rings is 1. The summed E-state index contributed by atoms with van der Waals surface area (Å²) in [5.74, 6) is -0.723. The van der Waals surface area contributed by atoms with Crippen LogP contribution in [-0.4, -0.2) is 16.1 Å². The van der Waals surface area contributed by atoms with E-state index in [1.807, 2.05) is 30.3 Å². The van der Waals surface area contributed by atoms with Crippen molar-refractivity contribution in [2.75, 3.05) is 0 Å². The fraction of sp³-hybridized carbons (Fsp3) is 0.286. The molecule has 1 aromatic heterocycles. The van der Waals surface area contributed by atoms with Crippen LogP contribution in [0.5, 0.6) is 0 Å². The molecule has 3 nitrogen and oxygen atoms in total. The highest BCUT2D eigenvalue weighted by Gasteiger charge is 2.04. The minimum Gasteiger partial charge on any atom is -0.481 e. The molecule has 0 spiro atoms. The molecule has 18 heavy (non-hydrogen) atoms. The average molecular weight is 261 g/mol. The number of carbonyl (C=O) groups is 1. The van der Waals surface area contributed by atoms with Crippen LogP contribution in [0.25, 0.3) is 11.3 Å². The molecule has 0 unspecified atom stereocenters. The Bertz CT molecular complexity index is 508. The van der Waals surface area contributed by atoms with E-state index in [-0.39, 0.29) is 6.42 Å². The number of carboxylic acids is 1. The molecule has 4 heteroatoms. The molecule has 0 amide bonds. The Morgan fingerprint density at radius 3 is 2.72 bits per heavy atom. The highest BCUT2D eigenvalue weighted by Crippen LogP contribution is 2.22. The number of hydrogen-bond donors (Lipinski definition) is 1. The van der Waals surface area contributed by atoms with Gasteiger partial charge >= 0.3 is 5.97 Å². The fourth-order valence-corrected chi connectivity index (χ4v) is 2.57. The molecular weight excluding hydrogens is 246 g/mol. The van der Waals surface area contributed by atoms with Gasteiger partial charge in [0, 0.05) is 17.4 Å². The van der Waals surface area contributed by atoms with Crippen LogP contribution in [-0.2, 0) is 11.2 Å². The molecule has 0 saturated heterocycles. The van der Waals surface area contributed by atoms with Crippen molar-refractivity contribution in [3.05, 3.63) is 40.7 Å². The molecule has 0 aliphatic carbocycles. The van der Waals surface area contributed by atoms with Crippen molar-refractivity contribution in [1.82, 2.24) is 4.98 Å². The van der Waals surface area contributed by atoms with Crippen LogP contribution in [0.2, 0.25) is 0 Å². The van der Waals surface area contributed by atoms with Crippen molar-refractivity contribution < 1.29 is 9.90 Å². The van der Waals surface area contributed by atoms with E-state index in [0.29, 0.717) is 0 Å². The number of carboxylic acid groups (broad SMARTS) is 1. The maximum atomic E-state index is 10.4. The van der Waals surface area contributed by atoms with Gasteiger partial charge in [0.2, 0.25) is 0 Å². The third-order valence-electron chi connectivity index (χ3n) is 2.65. The number of hydrogen-bond acceptors (Lipinski definition) is 3. The molecule has 2 aromatic rings. The molecule has 1 aromatic carbocycles. The van der Waals surface area contributed by atoms with Crippen LogP contribution in [0.1, 0.15) is 24.3 Å². The van der Waals surface area contributed by atoms with Crippen molar-refractivity contribution in [2.24, 2.45) is 0 Å². The van der Waals surface area contributed by atoms with Gasteiger partial charge in [0.05, 0.1) is 10.7 Å². The van der Waals surface area contributed by atoms with Gasteiger partial charge in [0.1, 0.15) is 0 Å². The van der Waals surface area contributed by atoms with Crippen LogP contribution < -0.4 is 0 Å². The number of nitrogens with zero attached hydrogens (tertiary/aromatic N) is 1. The van der Waals surface area contributed by atoms with Crippen LogP contribution in [0.15, 0.2) is 35.7 Å². The Balaban J connectivity index is 1.89. The van der Waals surface area contributed by atoms with Gasteiger partial charge in [0.25, 0.3) is 0 Å². The summed E-state index contributed by atoms with van der Waals surface area (Å²) in [6, 6.07) is 10.1. The predicted molar refractivity (Wildman–Crippen MR) is 72.7 cm³/mol. The van der Waals surface area contributed by atoms with Crippen molar-refractivity contribution >= 4 is 17.3 Å². The second kappa shape index (κ2) is 6.31. The maximum absolute atomic E-state index is 10.4. The standard InChI is InChI=1S/C14H15NO2S/c16-14(17)9-5-4-8-13-15-12(10-18-13)11-6-2-1-3-7-11/h1-3,6-7,10H,4-5,8-9H2,(H,16,17). The Kier molecular flexibility index (Phi) is 4.47.